The van der Waals surface area contributed by atoms with Crippen LogP contribution in [0.2, 0.25) is 0 Å². The summed E-state index contributed by atoms with van der Waals surface area (Å²) in [5.74, 6) is 0.594. The maximum absolute atomic E-state index is 13.5. The first kappa shape index (κ1) is 22.5. The predicted octanol–water partition coefficient (Wildman–Crippen LogP) is 3.21. The minimum atomic E-state index is -4.40. The molecule has 0 N–H and O–H groups in total. The fourth-order valence-electron chi connectivity index (χ4n) is 4.27. The smallest absolute Gasteiger partial charge is 0.378 e. The fourth-order valence-corrected chi connectivity index (χ4v) is 4.27. The van der Waals surface area contributed by atoms with E-state index in [4.69, 9.17) is 4.74 Å². The van der Waals surface area contributed by atoms with Crippen LogP contribution in [-0.2, 0) is 15.7 Å². The van der Waals surface area contributed by atoms with Crippen LogP contribution in [0.1, 0.15) is 23.6 Å². The molecule has 4 rings (SSSR count). The van der Waals surface area contributed by atoms with Gasteiger partial charge in [0.15, 0.2) is 0 Å². The summed E-state index contributed by atoms with van der Waals surface area (Å²) < 4.78 is 44.0. The molecule has 172 valence electrons. The Morgan fingerprint density at radius 1 is 0.938 bits per heavy atom. The Morgan fingerprint density at radius 3 is 2.34 bits per heavy atom. The Hall–Kier alpha value is -2.65. The number of anilines is 1. The van der Waals surface area contributed by atoms with Gasteiger partial charge in [-0.15, -0.1) is 0 Å². The number of hydrogen-bond donors (Lipinski definition) is 0. The summed E-state index contributed by atoms with van der Waals surface area (Å²) in [4.78, 5) is 23.6. The molecule has 2 saturated heterocycles. The highest BCUT2D eigenvalue weighted by atomic mass is 19.4. The lowest BCUT2D eigenvalue weighted by molar-refractivity contribution is -0.141. The van der Waals surface area contributed by atoms with Gasteiger partial charge in [-0.1, -0.05) is 30.3 Å². The van der Waals surface area contributed by atoms with Crippen molar-refractivity contribution < 1.29 is 22.7 Å². The molecule has 0 spiro atoms. The van der Waals surface area contributed by atoms with Crippen molar-refractivity contribution in [1.29, 1.82) is 0 Å². The lowest BCUT2D eigenvalue weighted by Gasteiger charge is -2.36. The molecule has 2 aliphatic rings. The van der Waals surface area contributed by atoms with Gasteiger partial charge < -0.3 is 14.5 Å². The molecule has 1 aromatic heterocycles. The van der Waals surface area contributed by atoms with Crippen LogP contribution in [-0.4, -0.2) is 73.2 Å². The number of hydrogen-bond acceptors (Lipinski definition) is 5. The van der Waals surface area contributed by atoms with Crippen LogP contribution < -0.4 is 4.90 Å². The number of pyridine rings is 1. The number of aromatic nitrogens is 1. The highest BCUT2D eigenvalue weighted by Crippen LogP contribution is 2.30. The Balaban J connectivity index is 1.50. The minimum absolute atomic E-state index is 0.0700. The van der Waals surface area contributed by atoms with Gasteiger partial charge in [-0.05, 0) is 24.1 Å². The molecule has 0 unspecified atom stereocenters. The zero-order valence-electron chi connectivity index (χ0n) is 17.8. The maximum atomic E-state index is 13.5. The van der Waals surface area contributed by atoms with Crippen molar-refractivity contribution in [3.05, 3.63) is 59.8 Å². The van der Waals surface area contributed by atoms with E-state index >= 15 is 0 Å². The molecule has 0 bridgehead atoms. The Morgan fingerprint density at radius 2 is 1.69 bits per heavy atom. The summed E-state index contributed by atoms with van der Waals surface area (Å²) in [6.45, 7) is 4.82. The van der Waals surface area contributed by atoms with Gasteiger partial charge in [-0.2, -0.15) is 13.2 Å². The minimum Gasteiger partial charge on any atom is -0.378 e. The number of alkyl halides is 3. The van der Waals surface area contributed by atoms with Gasteiger partial charge in [0.1, 0.15) is 11.9 Å². The number of amides is 1. The van der Waals surface area contributed by atoms with Crippen LogP contribution in [0.15, 0.2) is 48.7 Å². The molecular formula is C23H27F3N4O2. The number of benzene rings is 1. The van der Waals surface area contributed by atoms with Crippen LogP contribution in [0.4, 0.5) is 19.0 Å². The number of morpholine rings is 1. The van der Waals surface area contributed by atoms with Gasteiger partial charge in [0, 0.05) is 45.5 Å². The van der Waals surface area contributed by atoms with E-state index in [1.165, 1.54) is 6.07 Å². The van der Waals surface area contributed by atoms with Crippen molar-refractivity contribution in [2.75, 3.05) is 57.4 Å². The highest BCUT2D eigenvalue weighted by Gasteiger charge is 2.34. The average Bonchev–Trinajstić information content (AvgIpc) is 3.06. The third-order valence-corrected chi connectivity index (χ3v) is 5.97. The van der Waals surface area contributed by atoms with Crippen molar-refractivity contribution in [3.8, 4) is 0 Å². The molecule has 0 radical (unpaired) electrons. The first-order valence-electron chi connectivity index (χ1n) is 10.9. The summed E-state index contributed by atoms with van der Waals surface area (Å²) in [6, 6.07) is 11.9. The monoisotopic (exact) mass is 448 g/mol. The first-order valence-corrected chi connectivity index (χ1v) is 10.9. The van der Waals surface area contributed by atoms with Crippen LogP contribution in [0, 0.1) is 0 Å². The molecule has 1 amide bonds. The zero-order valence-corrected chi connectivity index (χ0v) is 17.8. The summed E-state index contributed by atoms with van der Waals surface area (Å²) in [6.07, 6.45) is -2.74. The Labute approximate surface area is 185 Å². The molecule has 0 aliphatic carbocycles. The van der Waals surface area contributed by atoms with Gasteiger partial charge in [0.25, 0.3) is 0 Å². The van der Waals surface area contributed by atoms with E-state index in [1.54, 1.807) is 0 Å². The van der Waals surface area contributed by atoms with Gasteiger partial charge in [0.2, 0.25) is 5.91 Å². The lowest BCUT2D eigenvalue weighted by Crippen LogP contribution is -2.48. The molecule has 1 atom stereocenters. The van der Waals surface area contributed by atoms with Crippen LogP contribution in [0.25, 0.3) is 0 Å². The predicted molar refractivity (Wildman–Crippen MR) is 114 cm³/mol. The van der Waals surface area contributed by atoms with Crippen molar-refractivity contribution in [1.82, 2.24) is 14.8 Å². The lowest BCUT2D eigenvalue weighted by atomic mass is 10.0. The maximum Gasteiger partial charge on any atom is 0.417 e. The van der Waals surface area contributed by atoms with E-state index in [2.05, 4.69) is 9.88 Å². The molecule has 2 aromatic rings. The van der Waals surface area contributed by atoms with Crippen LogP contribution in [0.5, 0.6) is 0 Å². The molecule has 32 heavy (non-hydrogen) atoms. The molecule has 3 heterocycles. The Bertz CT molecular complexity index is 886. The van der Waals surface area contributed by atoms with Gasteiger partial charge in [-0.25, -0.2) is 4.98 Å². The fraction of sp³-hybridized carbons (Fsp3) is 0.478. The largest absolute Gasteiger partial charge is 0.417 e. The van der Waals surface area contributed by atoms with Crippen molar-refractivity contribution in [3.63, 3.8) is 0 Å². The van der Waals surface area contributed by atoms with E-state index in [9.17, 15) is 18.0 Å². The van der Waals surface area contributed by atoms with E-state index < -0.39 is 17.8 Å². The molecule has 2 aliphatic heterocycles. The second-order valence-corrected chi connectivity index (χ2v) is 8.03. The number of nitrogens with zero attached hydrogens (tertiary/aromatic N) is 4. The van der Waals surface area contributed by atoms with Gasteiger partial charge in [-0.3, -0.25) is 9.69 Å². The number of carbonyl (C=O) groups is 1. The van der Waals surface area contributed by atoms with Gasteiger partial charge >= 0.3 is 6.18 Å². The highest BCUT2D eigenvalue weighted by molar-refractivity contribution is 5.83. The van der Waals surface area contributed by atoms with E-state index in [0.29, 0.717) is 58.3 Å². The molecule has 1 aromatic carbocycles. The molecule has 0 saturated carbocycles. The number of carbonyl (C=O) groups excluding carboxylic acids is 1. The van der Waals surface area contributed by atoms with Gasteiger partial charge in [0.05, 0.1) is 18.8 Å². The van der Waals surface area contributed by atoms with Crippen molar-refractivity contribution >= 4 is 11.7 Å². The summed E-state index contributed by atoms with van der Waals surface area (Å²) in [7, 11) is 0. The van der Waals surface area contributed by atoms with Crippen molar-refractivity contribution in [2.45, 2.75) is 18.6 Å². The van der Waals surface area contributed by atoms with Crippen LogP contribution in [0.3, 0.4) is 0 Å². The topological polar surface area (TPSA) is 48.9 Å². The number of rotatable bonds is 4. The molecule has 9 heteroatoms. The summed E-state index contributed by atoms with van der Waals surface area (Å²) >= 11 is 0. The quantitative estimate of drug-likeness (QED) is 0.719. The number of ether oxygens (including phenoxy) is 1. The summed E-state index contributed by atoms with van der Waals surface area (Å²) in [5, 5.41) is 0. The second-order valence-electron chi connectivity index (χ2n) is 8.03. The molecule has 2 fully saturated rings. The standard InChI is InChI=1S/C23H27F3N4O2/c24-23(25,26)19-7-8-20(27-17-19)28-9-4-10-29(12-11-28)21(18-5-2-1-3-6-18)22(31)30-13-15-32-16-14-30/h1-3,5-8,17,21H,4,9-16H2/t21-/m1/s1. The second kappa shape index (κ2) is 9.87. The normalized spacial score (nSPS) is 19.5. The third kappa shape index (κ3) is 5.21. The number of halogens is 3. The third-order valence-electron chi connectivity index (χ3n) is 5.97. The molecular weight excluding hydrogens is 421 g/mol. The average molecular weight is 448 g/mol. The molecule has 6 nitrogen and oxygen atoms in total. The van der Waals surface area contributed by atoms with E-state index in [0.717, 1.165) is 24.2 Å². The van der Waals surface area contributed by atoms with E-state index in [1.807, 2.05) is 40.1 Å². The summed E-state index contributed by atoms with van der Waals surface area (Å²) in [5.41, 5.74) is 0.197. The first-order chi connectivity index (χ1) is 15.4. The van der Waals surface area contributed by atoms with Crippen molar-refractivity contribution in [2.24, 2.45) is 0 Å². The van der Waals surface area contributed by atoms with Crippen LogP contribution >= 0.6 is 0 Å². The van der Waals surface area contributed by atoms with E-state index in [-0.39, 0.29) is 5.91 Å². The zero-order chi connectivity index (χ0) is 22.6. The SMILES string of the molecule is O=C([C@@H](c1ccccc1)N1CCCN(c2ccc(C(F)(F)F)cn2)CC1)N1CCOCC1. The Kier molecular flexibility index (Phi) is 6.95.